The Balaban J connectivity index is 1.43. The van der Waals surface area contributed by atoms with Gasteiger partial charge >= 0.3 is 0 Å². The fraction of sp³-hybridized carbons (Fsp3) is 0.462. The number of hydrazone groups is 1. The molecule has 36 heavy (non-hydrogen) atoms. The summed E-state index contributed by atoms with van der Waals surface area (Å²) in [6, 6.07) is 10.6. The standard InChI is InChI=1S/C26H29F2N3O4S/c1-18-2-6-22(7-3-18)36(33,34)31-23(10-14-29-31)25(32)30(21-8-12-26(27,28)13-9-21)17-19-4-5-20-11-15-35-24(20)16-19/h2-7,14,16,21,23H,8-13,15,17H2,1H3/t23-/m0/s1. The van der Waals surface area contributed by atoms with Gasteiger partial charge in [0.2, 0.25) is 11.8 Å². The second-order valence-electron chi connectivity index (χ2n) is 9.73. The van der Waals surface area contributed by atoms with Crippen LogP contribution in [0, 0.1) is 6.92 Å². The maximum atomic E-state index is 13.9. The number of amides is 1. The molecule has 0 bridgehead atoms. The van der Waals surface area contributed by atoms with Crippen molar-refractivity contribution in [1.29, 1.82) is 0 Å². The van der Waals surface area contributed by atoms with Gasteiger partial charge in [0.25, 0.3) is 10.0 Å². The van der Waals surface area contributed by atoms with Gasteiger partial charge in [-0.25, -0.2) is 8.78 Å². The van der Waals surface area contributed by atoms with E-state index in [2.05, 4.69) is 5.10 Å². The van der Waals surface area contributed by atoms with Crippen molar-refractivity contribution in [3.63, 3.8) is 0 Å². The van der Waals surface area contributed by atoms with Crippen LogP contribution in [0.5, 0.6) is 5.75 Å². The molecular formula is C26H29F2N3O4S. The molecule has 1 fully saturated rings. The maximum absolute atomic E-state index is 13.9. The minimum atomic E-state index is -4.07. The minimum Gasteiger partial charge on any atom is -0.493 e. The molecule has 5 rings (SSSR count). The number of hydrogen-bond donors (Lipinski definition) is 0. The second kappa shape index (κ2) is 9.46. The van der Waals surface area contributed by atoms with Gasteiger partial charge in [-0.05, 0) is 49.1 Å². The van der Waals surface area contributed by atoms with Gasteiger partial charge in [-0.1, -0.05) is 29.8 Å². The number of carbonyl (C=O) groups is 1. The lowest BCUT2D eigenvalue weighted by Crippen LogP contribution is -2.51. The molecule has 1 saturated carbocycles. The Labute approximate surface area is 209 Å². The van der Waals surface area contributed by atoms with E-state index < -0.39 is 33.9 Å². The van der Waals surface area contributed by atoms with E-state index >= 15 is 0 Å². The largest absolute Gasteiger partial charge is 0.493 e. The average molecular weight is 518 g/mol. The molecule has 10 heteroatoms. The molecule has 1 amide bonds. The summed E-state index contributed by atoms with van der Waals surface area (Å²) in [5, 5.41) is 4.05. The molecule has 192 valence electrons. The lowest BCUT2D eigenvalue weighted by atomic mass is 9.90. The predicted molar refractivity (Wildman–Crippen MR) is 130 cm³/mol. The van der Waals surface area contributed by atoms with Crippen LogP contribution in [-0.4, -0.2) is 54.5 Å². The summed E-state index contributed by atoms with van der Waals surface area (Å²) >= 11 is 0. The SMILES string of the molecule is Cc1ccc(S(=O)(=O)N2N=CC[C@H]2C(=O)N(Cc2ccc3c(c2)OCC3)C2CCC(F)(F)CC2)cc1. The zero-order chi connectivity index (χ0) is 25.5. The lowest BCUT2D eigenvalue weighted by Gasteiger charge is -2.39. The summed E-state index contributed by atoms with van der Waals surface area (Å²) in [6.45, 7) is 2.64. The number of rotatable bonds is 6. The lowest BCUT2D eigenvalue weighted by molar-refractivity contribution is -0.141. The first-order chi connectivity index (χ1) is 17.1. The number of fused-ring (bicyclic) bond motifs is 1. The van der Waals surface area contributed by atoms with Gasteiger partial charge in [0.15, 0.2) is 0 Å². The van der Waals surface area contributed by atoms with Crippen LogP contribution in [0.2, 0.25) is 0 Å². The summed E-state index contributed by atoms with van der Waals surface area (Å²) in [7, 11) is -4.07. The van der Waals surface area contributed by atoms with Crippen molar-refractivity contribution in [1.82, 2.24) is 9.31 Å². The third-order valence-corrected chi connectivity index (χ3v) is 8.87. The van der Waals surface area contributed by atoms with Crippen molar-refractivity contribution < 1.29 is 26.7 Å². The van der Waals surface area contributed by atoms with Crippen LogP contribution in [0.15, 0.2) is 52.5 Å². The molecule has 0 aromatic heterocycles. The molecular weight excluding hydrogens is 488 g/mol. The van der Waals surface area contributed by atoms with Gasteiger partial charge in [0, 0.05) is 44.5 Å². The van der Waals surface area contributed by atoms with Crippen LogP contribution in [0.4, 0.5) is 8.78 Å². The Morgan fingerprint density at radius 2 is 1.89 bits per heavy atom. The molecule has 2 aromatic rings. The predicted octanol–water partition coefficient (Wildman–Crippen LogP) is 4.29. The monoisotopic (exact) mass is 517 g/mol. The third kappa shape index (κ3) is 4.83. The molecule has 2 aromatic carbocycles. The average Bonchev–Trinajstić information content (AvgIpc) is 3.52. The van der Waals surface area contributed by atoms with E-state index in [-0.39, 0.29) is 43.5 Å². The molecule has 0 unspecified atom stereocenters. The van der Waals surface area contributed by atoms with Gasteiger partial charge in [-0.2, -0.15) is 17.9 Å². The Morgan fingerprint density at radius 1 is 1.17 bits per heavy atom. The summed E-state index contributed by atoms with van der Waals surface area (Å²) in [4.78, 5) is 15.5. The minimum absolute atomic E-state index is 0.0459. The molecule has 2 aliphatic heterocycles. The number of halogens is 2. The number of alkyl halides is 2. The Bertz CT molecular complexity index is 1270. The van der Waals surface area contributed by atoms with E-state index in [9.17, 15) is 22.0 Å². The van der Waals surface area contributed by atoms with Crippen LogP contribution in [0.3, 0.4) is 0 Å². The number of benzene rings is 2. The van der Waals surface area contributed by atoms with Crippen molar-refractivity contribution in [3.8, 4) is 5.75 Å². The number of hydrogen-bond acceptors (Lipinski definition) is 5. The van der Waals surface area contributed by atoms with Crippen molar-refractivity contribution in [2.45, 2.75) is 74.9 Å². The van der Waals surface area contributed by atoms with Crippen LogP contribution in [-0.2, 0) is 27.8 Å². The van der Waals surface area contributed by atoms with Crippen molar-refractivity contribution >= 4 is 22.1 Å². The van der Waals surface area contributed by atoms with Crippen molar-refractivity contribution in [2.24, 2.45) is 5.10 Å². The van der Waals surface area contributed by atoms with E-state index in [1.165, 1.54) is 18.3 Å². The Hall–Kier alpha value is -3.01. The topological polar surface area (TPSA) is 79.3 Å². The molecule has 7 nitrogen and oxygen atoms in total. The Morgan fingerprint density at radius 3 is 2.61 bits per heavy atom. The first-order valence-corrected chi connectivity index (χ1v) is 13.6. The van der Waals surface area contributed by atoms with E-state index in [0.29, 0.717) is 6.61 Å². The van der Waals surface area contributed by atoms with Gasteiger partial charge < -0.3 is 9.64 Å². The summed E-state index contributed by atoms with van der Waals surface area (Å²) in [6.07, 6.45) is 2.06. The summed E-state index contributed by atoms with van der Waals surface area (Å²) in [5.74, 6) is -2.41. The van der Waals surface area contributed by atoms with Crippen LogP contribution < -0.4 is 4.74 Å². The quantitative estimate of drug-likeness (QED) is 0.573. The molecule has 1 aliphatic carbocycles. The van der Waals surface area contributed by atoms with E-state index in [0.717, 1.165) is 33.3 Å². The molecule has 3 aliphatic rings. The second-order valence-corrected chi connectivity index (χ2v) is 11.5. The molecule has 0 N–H and O–H groups in total. The number of aryl methyl sites for hydroxylation is 1. The number of sulfonamides is 1. The van der Waals surface area contributed by atoms with Crippen LogP contribution in [0.25, 0.3) is 0 Å². The highest BCUT2D eigenvalue weighted by atomic mass is 32.2. The highest BCUT2D eigenvalue weighted by Crippen LogP contribution is 2.37. The van der Waals surface area contributed by atoms with E-state index in [1.54, 1.807) is 17.0 Å². The van der Waals surface area contributed by atoms with Crippen molar-refractivity contribution in [2.75, 3.05) is 6.61 Å². The maximum Gasteiger partial charge on any atom is 0.279 e. The molecule has 2 heterocycles. The first-order valence-electron chi connectivity index (χ1n) is 12.2. The number of nitrogens with zero attached hydrogens (tertiary/aromatic N) is 3. The molecule has 0 saturated heterocycles. The number of carbonyl (C=O) groups excluding carboxylic acids is 1. The van der Waals surface area contributed by atoms with Gasteiger partial charge in [0.1, 0.15) is 11.8 Å². The zero-order valence-corrected chi connectivity index (χ0v) is 20.9. The summed E-state index contributed by atoms with van der Waals surface area (Å²) < 4.78 is 61.1. The van der Waals surface area contributed by atoms with E-state index in [1.807, 2.05) is 25.1 Å². The first kappa shape index (κ1) is 24.7. The molecule has 1 atom stereocenters. The van der Waals surface area contributed by atoms with Gasteiger partial charge in [-0.15, -0.1) is 0 Å². The van der Waals surface area contributed by atoms with Crippen molar-refractivity contribution in [3.05, 3.63) is 59.2 Å². The van der Waals surface area contributed by atoms with Crippen LogP contribution in [0.1, 0.15) is 48.8 Å². The molecule has 0 radical (unpaired) electrons. The van der Waals surface area contributed by atoms with Crippen LogP contribution >= 0.6 is 0 Å². The Kier molecular flexibility index (Phi) is 6.48. The zero-order valence-electron chi connectivity index (χ0n) is 20.1. The van der Waals surface area contributed by atoms with E-state index in [4.69, 9.17) is 4.74 Å². The normalized spacial score (nSPS) is 21.3. The third-order valence-electron chi connectivity index (χ3n) is 7.16. The highest BCUT2D eigenvalue weighted by Gasteiger charge is 2.43. The van der Waals surface area contributed by atoms with Gasteiger partial charge in [0.05, 0.1) is 11.5 Å². The molecule has 0 spiro atoms. The fourth-order valence-electron chi connectivity index (χ4n) is 5.06. The highest BCUT2D eigenvalue weighted by molar-refractivity contribution is 7.89. The fourth-order valence-corrected chi connectivity index (χ4v) is 6.46. The smallest absolute Gasteiger partial charge is 0.279 e. The summed E-state index contributed by atoms with van der Waals surface area (Å²) in [5.41, 5.74) is 2.81. The number of ether oxygens (including phenoxy) is 1. The van der Waals surface area contributed by atoms with Gasteiger partial charge in [-0.3, -0.25) is 4.79 Å².